The number of benzene rings is 1. The summed E-state index contributed by atoms with van der Waals surface area (Å²) in [6, 6.07) is 11.0. The predicted molar refractivity (Wildman–Crippen MR) is 81.2 cm³/mol. The molecule has 0 radical (unpaired) electrons. The molecule has 1 amide bonds. The zero-order valence-electron chi connectivity index (χ0n) is 11.4. The lowest BCUT2D eigenvalue weighted by Gasteiger charge is -2.17. The molecular weight excluding hydrogens is 288 g/mol. The molecule has 3 rings (SSSR count). The topological polar surface area (TPSA) is 53.4 Å². The molecule has 2 aromatic rings. The van der Waals surface area contributed by atoms with E-state index in [1.54, 1.807) is 23.2 Å². The fourth-order valence-corrected chi connectivity index (χ4v) is 2.68. The number of likely N-dealkylation sites (tertiary alicyclic amines) is 1. The number of aliphatic hydroxyl groups is 1. The van der Waals surface area contributed by atoms with Gasteiger partial charge in [0.25, 0.3) is 5.91 Å². The first-order valence-corrected chi connectivity index (χ1v) is 7.21. The fraction of sp³-hybridized carbons (Fsp3) is 0.250. The van der Waals surface area contributed by atoms with E-state index in [2.05, 4.69) is 4.98 Å². The Balaban J connectivity index is 1.93. The minimum absolute atomic E-state index is 0.144. The van der Waals surface area contributed by atoms with Crippen molar-refractivity contribution < 1.29 is 9.90 Å². The Morgan fingerprint density at radius 1 is 1.33 bits per heavy atom. The number of aliphatic hydroxyl groups excluding tert-OH is 1. The van der Waals surface area contributed by atoms with E-state index in [1.165, 1.54) is 0 Å². The summed E-state index contributed by atoms with van der Waals surface area (Å²) in [4.78, 5) is 18.4. The number of hydrogen-bond acceptors (Lipinski definition) is 3. The largest absolute Gasteiger partial charge is 0.391 e. The van der Waals surface area contributed by atoms with Gasteiger partial charge in [-0.05, 0) is 30.7 Å². The summed E-state index contributed by atoms with van der Waals surface area (Å²) in [5, 5.41) is 9.98. The number of hydrogen-bond donors (Lipinski definition) is 1. The van der Waals surface area contributed by atoms with Gasteiger partial charge in [0, 0.05) is 24.8 Å². The molecule has 1 fully saturated rings. The highest BCUT2D eigenvalue weighted by molar-refractivity contribution is 6.34. The number of carbonyl (C=O) groups is 1. The van der Waals surface area contributed by atoms with Crippen LogP contribution >= 0.6 is 11.6 Å². The Morgan fingerprint density at radius 2 is 2.19 bits per heavy atom. The van der Waals surface area contributed by atoms with Crippen molar-refractivity contribution in [1.29, 1.82) is 0 Å². The first-order chi connectivity index (χ1) is 10.1. The maximum atomic E-state index is 12.5. The van der Waals surface area contributed by atoms with Crippen molar-refractivity contribution in [2.75, 3.05) is 13.1 Å². The molecule has 5 heteroatoms. The van der Waals surface area contributed by atoms with Crippen molar-refractivity contribution in [2.45, 2.75) is 12.5 Å². The second-order valence-electron chi connectivity index (χ2n) is 5.10. The standard InChI is InChI=1S/C16H15ClN2O2/c17-14-5-4-11(15-3-1-2-7-18-15)9-13(14)16(21)19-8-6-12(20)10-19/h1-5,7,9,12,20H,6,8,10H2/t12-/m1/s1. The Hall–Kier alpha value is -1.91. The molecule has 1 aliphatic rings. The predicted octanol–water partition coefficient (Wildman–Crippen LogP) is 2.61. The summed E-state index contributed by atoms with van der Waals surface area (Å²) in [7, 11) is 0. The molecule has 0 spiro atoms. The minimum atomic E-state index is -0.438. The van der Waals surface area contributed by atoms with Crippen LogP contribution in [0.3, 0.4) is 0 Å². The van der Waals surface area contributed by atoms with Crippen LogP contribution in [0.5, 0.6) is 0 Å². The van der Waals surface area contributed by atoms with E-state index in [1.807, 2.05) is 24.3 Å². The van der Waals surface area contributed by atoms with Gasteiger partial charge in [-0.3, -0.25) is 9.78 Å². The van der Waals surface area contributed by atoms with Crippen LogP contribution in [0.1, 0.15) is 16.8 Å². The molecule has 0 saturated carbocycles. The first-order valence-electron chi connectivity index (χ1n) is 6.83. The lowest BCUT2D eigenvalue weighted by molar-refractivity contribution is 0.0765. The number of carbonyl (C=O) groups excluding carboxylic acids is 1. The molecule has 1 aromatic carbocycles. The quantitative estimate of drug-likeness (QED) is 0.928. The fourth-order valence-electron chi connectivity index (χ4n) is 2.48. The summed E-state index contributed by atoms with van der Waals surface area (Å²) < 4.78 is 0. The normalized spacial score (nSPS) is 18.0. The molecular formula is C16H15ClN2O2. The van der Waals surface area contributed by atoms with Gasteiger partial charge in [0.15, 0.2) is 0 Å². The molecule has 0 aliphatic carbocycles. The molecule has 1 N–H and O–H groups in total. The van der Waals surface area contributed by atoms with Crippen LogP contribution in [0.15, 0.2) is 42.6 Å². The van der Waals surface area contributed by atoms with Gasteiger partial charge in [-0.1, -0.05) is 23.7 Å². The molecule has 2 heterocycles. The number of β-amino-alcohol motifs (C(OH)–C–C–N with tert-alkyl or cyclic N) is 1. The molecule has 1 aromatic heterocycles. The van der Waals surface area contributed by atoms with Crippen molar-refractivity contribution in [2.24, 2.45) is 0 Å². The molecule has 108 valence electrons. The number of nitrogens with zero attached hydrogens (tertiary/aromatic N) is 2. The summed E-state index contributed by atoms with van der Waals surface area (Å²) in [6.07, 6.45) is 1.89. The Morgan fingerprint density at radius 3 is 2.86 bits per heavy atom. The number of pyridine rings is 1. The van der Waals surface area contributed by atoms with Gasteiger partial charge < -0.3 is 10.0 Å². The maximum Gasteiger partial charge on any atom is 0.255 e. The van der Waals surface area contributed by atoms with Gasteiger partial charge in [0.1, 0.15) is 0 Å². The minimum Gasteiger partial charge on any atom is -0.391 e. The Kier molecular flexibility index (Phi) is 3.90. The Bertz CT molecular complexity index is 661. The second kappa shape index (κ2) is 5.84. The molecule has 21 heavy (non-hydrogen) atoms. The highest BCUT2D eigenvalue weighted by Gasteiger charge is 2.26. The molecule has 4 nitrogen and oxygen atoms in total. The van der Waals surface area contributed by atoms with Crippen LogP contribution in [0.25, 0.3) is 11.3 Å². The Labute approximate surface area is 128 Å². The van der Waals surface area contributed by atoms with Crippen LogP contribution in [0.2, 0.25) is 5.02 Å². The van der Waals surface area contributed by atoms with Crippen LogP contribution in [0.4, 0.5) is 0 Å². The lowest BCUT2D eigenvalue weighted by atomic mass is 10.1. The lowest BCUT2D eigenvalue weighted by Crippen LogP contribution is -2.29. The highest BCUT2D eigenvalue weighted by Crippen LogP contribution is 2.26. The van der Waals surface area contributed by atoms with Gasteiger partial charge in [-0.2, -0.15) is 0 Å². The van der Waals surface area contributed by atoms with Gasteiger partial charge >= 0.3 is 0 Å². The average molecular weight is 303 g/mol. The monoisotopic (exact) mass is 302 g/mol. The molecule has 1 atom stereocenters. The molecule has 1 saturated heterocycles. The number of rotatable bonds is 2. The maximum absolute atomic E-state index is 12.5. The van der Waals surface area contributed by atoms with Crippen molar-refractivity contribution in [3.05, 3.63) is 53.2 Å². The molecule has 0 bridgehead atoms. The number of halogens is 1. The van der Waals surface area contributed by atoms with Crippen molar-refractivity contribution in [3.63, 3.8) is 0 Å². The van der Waals surface area contributed by atoms with Gasteiger partial charge in [0.2, 0.25) is 0 Å². The van der Waals surface area contributed by atoms with Crippen LogP contribution in [-0.4, -0.2) is 40.1 Å². The van der Waals surface area contributed by atoms with E-state index in [9.17, 15) is 9.90 Å². The summed E-state index contributed by atoms with van der Waals surface area (Å²) in [6.45, 7) is 0.924. The van der Waals surface area contributed by atoms with Crippen LogP contribution in [0, 0.1) is 0 Å². The van der Waals surface area contributed by atoms with Crippen molar-refractivity contribution >= 4 is 17.5 Å². The smallest absolute Gasteiger partial charge is 0.255 e. The van der Waals surface area contributed by atoms with E-state index in [0.717, 1.165) is 11.3 Å². The third-order valence-electron chi connectivity index (χ3n) is 3.61. The molecule has 0 unspecified atom stereocenters. The van der Waals surface area contributed by atoms with Crippen LogP contribution in [-0.2, 0) is 0 Å². The third kappa shape index (κ3) is 2.91. The summed E-state index contributed by atoms with van der Waals surface area (Å²) >= 11 is 6.16. The molecule has 1 aliphatic heterocycles. The third-order valence-corrected chi connectivity index (χ3v) is 3.94. The van der Waals surface area contributed by atoms with E-state index in [0.29, 0.717) is 30.1 Å². The zero-order chi connectivity index (χ0) is 14.8. The summed E-state index contributed by atoms with van der Waals surface area (Å²) in [5.41, 5.74) is 2.10. The van der Waals surface area contributed by atoms with E-state index >= 15 is 0 Å². The van der Waals surface area contributed by atoms with E-state index in [-0.39, 0.29) is 5.91 Å². The first kappa shape index (κ1) is 14.0. The van der Waals surface area contributed by atoms with Gasteiger partial charge in [-0.15, -0.1) is 0 Å². The highest BCUT2D eigenvalue weighted by atomic mass is 35.5. The van der Waals surface area contributed by atoms with E-state index in [4.69, 9.17) is 11.6 Å². The second-order valence-corrected chi connectivity index (χ2v) is 5.51. The van der Waals surface area contributed by atoms with Crippen molar-refractivity contribution in [1.82, 2.24) is 9.88 Å². The summed E-state index contributed by atoms with van der Waals surface area (Å²) in [5.74, 6) is -0.144. The number of amides is 1. The van der Waals surface area contributed by atoms with E-state index < -0.39 is 6.10 Å². The number of aromatic nitrogens is 1. The zero-order valence-corrected chi connectivity index (χ0v) is 12.1. The van der Waals surface area contributed by atoms with Gasteiger partial charge in [0.05, 0.1) is 22.4 Å². The van der Waals surface area contributed by atoms with Gasteiger partial charge in [-0.25, -0.2) is 0 Å². The average Bonchev–Trinajstić information content (AvgIpc) is 2.94. The van der Waals surface area contributed by atoms with Crippen molar-refractivity contribution in [3.8, 4) is 11.3 Å². The van der Waals surface area contributed by atoms with Crippen LogP contribution < -0.4 is 0 Å². The SMILES string of the molecule is O=C(c1cc(-c2ccccn2)ccc1Cl)N1CC[C@@H](O)C1.